The van der Waals surface area contributed by atoms with Crippen LogP contribution in [-0.4, -0.2) is 38.1 Å². The molecule has 1 N–H and O–H groups in total. The maximum atomic E-state index is 13.5. The number of methoxy groups -OCH3 is 3. The third-order valence-corrected chi connectivity index (χ3v) is 6.67. The van der Waals surface area contributed by atoms with Gasteiger partial charge < -0.3 is 19.3 Å². The molecule has 36 heavy (non-hydrogen) atoms. The van der Waals surface area contributed by atoms with Crippen molar-refractivity contribution in [2.75, 3.05) is 26.2 Å². The van der Waals surface area contributed by atoms with Crippen molar-refractivity contribution >= 4 is 46.3 Å². The van der Waals surface area contributed by atoms with E-state index in [9.17, 15) is 14.7 Å². The van der Waals surface area contributed by atoms with Gasteiger partial charge in [0.1, 0.15) is 16.5 Å². The first-order valence-electron chi connectivity index (χ1n) is 10.9. The van der Waals surface area contributed by atoms with Crippen LogP contribution in [0.2, 0.25) is 10.0 Å². The van der Waals surface area contributed by atoms with E-state index < -0.39 is 23.5 Å². The number of ketones is 1. The minimum atomic E-state index is -1.01. The minimum absolute atomic E-state index is 0.0102. The lowest BCUT2D eigenvalue weighted by Crippen LogP contribution is -2.30. The number of nitrogens with zero attached hydrogens (tertiary/aromatic N) is 1. The molecule has 1 atom stereocenters. The molecular weight excluding hydrogens is 505 g/mol. The molecule has 1 aliphatic heterocycles. The second-order valence-corrected chi connectivity index (χ2v) is 8.77. The van der Waals surface area contributed by atoms with Gasteiger partial charge in [0, 0.05) is 11.3 Å². The Bertz CT molecular complexity index is 1400. The molecule has 7 nitrogen and oxygen atoms in total. The number of benzene rings is 3. The van der Waals surface area contributed by atoms with Crippen molar-refractivity contribution in [1.82, 2.24) is 0 Å². The van der Waals surface area contributed by atoms with E-state index in [0.29, 0.717) is 17.0 Å². The van der Waals surface area contributed by atoms with Gasteiger partial charge in [-0.05, 0) is 30.7 Å². The van der Waals surface area contributed by atoms with E-state index in [4.69, 9.17) is 37.4 Å². The third kappa shape index (κ3) is 4.04. The summed E-state index contributed by atoms with van der Waals surface area (Å²) in [6.07, 6.45) is 0. The number of para-hydroxylation sites is 2. The Kier molecular flexibility index (Phi) is 7.15. The fraction of sp³-hybridized carbons (Fsp3) is 0.185. The highest BCUT2D eigenvalue weighted by atomic mass is 35.5. The number of hydrogen-bond donors (Lipinski definition) is 1. The zero-order valence-electron chi connectivity index (χ0n) is 20.0. The van der Waals surface area contributed by atoms with Crippen molar-refractivity contribution in [3.63, 3.8) is 0 Å². The lowest BCUT2D eigenvalue weighted by Gasteiger charge is -2.28. The number of carbonyl (C=O) groups excluding carboxylic acids is 2. The van der Waals surface area contributed by atoms with E-state index >= 15 is 0 Å². The summed E-state index contributed by atoms with van der Waals surface area (Å²) in [5.41, 5.74) is 1.67. The minimum Gasteiger partial charge on any atom is -0.507 e. The second kappa shape index (κ2) is 10.1. The molecule has 0 radical (unpaired) electrons. The van der Waals surface area contributed by atoms with Crippen LogP contribution >= 0.6 is 23.2 Å². The molecule has 3 aromatic carbocycles. The Balaban J connectivity index is 2.07. The van der Waals surface area contributed by atoms with Crippen molar-refractivity contribution in [3.8, 4) is 17.2 Å². The van der Waals surface area contributed by atoms with Gasteiger partial charge in [-0.25, -0.2) is 0 Å². The van der Waals surface area contributed by atoms with Gasteiger partial charge in [0.15, 0.2) is 11.5 Å². The number of halogens is 2. The van der Waals surface area contributed by atoms with Crippen molar-refractivity contribution in [3.05, 3.63) is 86.9 Å². The van der Waals surface area contributed by atoms with Gasteiger partial charge in [-0.1, -0.05) is 59.6 Å². The van der Waals surface area contributed by atoms with Crippen LogP contribution in [0.25, 0.3) is 5.76 Å². The Morgan fingerprint density at radius 1 is 0.917 bits per heavy atom. The molecule has 1 aliphatic rings. The molecule has 1 heterocycles. The highest BCUT2D eigenvalue weighted by Gasteiger charge is 2.48. The monoisotopic (exact) mass is 527 g/mol. The van der Waals surface area contributed by atoms with Crippen LogP contribution in [0, 0.1) is 6.92 Å². The van der Waals surface area contributed by atoms with Gasteiger partial charge in [-0.15, -0.1) is 0 Å². The molecular formula is C27H23Cl2NO6. The lowest BCUT2D eigenvalue weighted by molar-refractivity contribution is -0.132. The maximum absolute atomic E-state index is 13.5. The van der Waals surface area contributed by atoms with Crippen LogP contribution < -0.4 is 19.1 Å². The summed E-state index contributed by atoms with van der Waals surface area (Å²) in [7, 11) is 4.24. The fourth-order valence-corrected chi connectivity index (χ4v) is 5.08. The topological polar surface area (TPSA) is 85.3 Å². The molecule has 3 aromatic rings. The summed E-state index contributed by atoms with van der Waals surface area (Å²) in [4.78, 5) is 28.3. The molecule has 0 saturated carbocycles. The average Bonchev–Trinajstić information content (AvgIpc) is 3.13. The average molecular weight is 528 g/mol. The molecule has 0 spiro atoms. The van der Waals surface area contributed by atoms with E-state index in [2.05, 4.69) is 0 Å². The third-order valence-electron chi connectivity index (χ3n) is 6.05. The summed E-state index contributed by atoms with van der Waals surface area (Å²) in [5, 5.41) is 11.7. The number of rotatable bonds is 6. The number of amides is 1. The number of carbonyl (C=O) groups is 2. The highest BCUT2D eigenvalue weighted by Crippen LogP contribution is 2.49. The van der Waals surface area contributed by atoms with Crippen LogP contribution in [0.4, 0.5) is 5.69 Å². The SMILES string of the molecule is COc1ccccc1C1/C(=C(\O)c2cc(Cl)c(OC)c(Cl)c2OC)C(=O)C(=O)N1c1ccccc1C. The molecule has 9 heteroatoms. The van der Waals surface area contributed by atoms with Gasteiger partial charge in [-0.2, -0.15) is 0 Å². The van der Waals surface area contributed by atoms with Gasteiger partial charge >= 0.3 is 0 Å². The van der Waals surface area contributed by atoms with Crippen LogP contribution in [0.15, 0.2) is 60.2 Å². The van der Waals surface area contributed by atoms with Crippen molar-refractivity contribution in [2.45, 2.75) is 13.0 Å². The fourth-order valence-electron chi connectivity index (χ4n) is 4.39. The van der Waals surface area contributed by atoms with E-state index in [-0.39, 0.29) is 32.7 Å². The summed E-state index contributed by atoms with van der Waals surface area (Å²) in [6.45, 7) is 1.83. The molecule has 1 fully saturated rings. The molecule has 0 bridgehead atoms. The molecule has 1 amide bonds. The number of aliphatic hydroxyl groups excluding tert-OH is 1. The maximum Gasteiger partial charge on any atom is 0.300 e. The lowest BCUT2D eigenvalue weighted by atomic mass is 9.94. The number of aliphatic hydroxyl groups is 1. The zero-order valence-corrected chi connectivity index (χ0v) is 21.5. The van der Waals surface area contributed by atoms with E-state index in [0.717, 1.165) is 5.56 Å². The van der Waals surface area contributed by atoms with E-state index in [1.54, 1.807) is 36.4 Å². The molecule has 1 unspecified atom stereocenters. The second-order valence-electron chi connectivity index (χ2n) is 7.98. The van der Waals surface area contributed by atoms with Crippen molar-refractivity contribution < 1.29 is 28.9 Å². The molecule has 4 rings (SSSR count). The number of hydrogen-bond acceptors (Lipinski definition) is 6. The Morgan fingerprint density at radius 2 is 1.56 bits per heavy atom. The predicted octanol–water partition coefficient (Wildman–Crippen LogP) is 5.95. The first kappa shape index (κ1) is 25.4. The normalized spacial score (nSPS) is 16.8. The Labute approximate surface area is 218 Å². The first-order valence-corrected chi connectivity index (χ1v) is 11.6. The van der Waals surface area contributed by atoms with Gasteiger partial charge in [0.05, 0.1) is 43.5 Å². The summed E-state index contributed by atoms with van der Waals surface area (Å²) in [6, 6.07) is 14.5. The molecule has 0 aromatic heterocycles. The Morgan fingerprint density at radius 3 is 2.19 bits per heavy atom. The van der Waals surface area contributed by atoms with Crippen LogP contribution in [-0.2, 0) is 9.59 Å². The van der Waals surface area contributed by atoms with Crippen LogP contribution in [0.1, 0.15) is 22.7 Å². The molecule has 0 aliphatic carbocycles. The van der Waals surface area contributed by atoms with Crippen molar-refractivity contribution in [1.29, 1.82) is 0 Å². The number of Topliss-reactive ketones (excluding diaryl/α,β-unsaturated/α-hetero) is 1. The number of aryl methyl sites for hydroxylation is 1. The smallest absolute Gasteiger partial charge is 0.300 e. The summed E-state index contributed by atoms with van der Waals surface area (Å²) in [5.74, 6) is -1.55. The first-order chi connectivity index (χ1) is 17.3. The number of anilines is 1. The largest absolute Gasteiger partial charge is 0.507 e. The standard InChI is InChI=1S/C27H23Cl2NO6/c1-14-9-5-7-11-18(14)30-22(15-10-6-8-12-19(15)34-2)20(24(32)27(30)33)23(31)16-13-17(28)26(36-4)21(29)25(16)35-3/h5-13,22,31H,1-4H3/b23-20+. The zero-order chi connectivity index (χ0) is 26.1. The molecule has 1 saturated heterocycles. The van der Waals surface area contributed by atoms with E-state index in [1.807, 2.05) is 19.1 Å². The quantitative estimate of drug-likeness (QED) is 0.242. The van der Waals surface area contributed by atoms with Crippen molar-refractivity contribution in [2.24, 2.45) is 0 Å². The summed E-state index contributed by atoms with van der Waals surface area (Å²) >= 11 is 12.8. The van der Waals surface area contributed by atoms with Gasteiger partial charge in [0.2, 0.25) is 0 Å². The van der Waals surface area contributed by atoms with E-state index in [1.165, 1.54) is 32.3 Å². The predicted molar refractivity (Wildman–Crippen MR) is 139 cm³/mol. The summed E-state index contributed by atoms with van der Waals surface area (Å²) < 4.78 is 16.2. The van der Waals surface area contributed by atoms with Crippen LogP contribution in [0.3, 0.4) is 0 Å². The molecule has 186 valence electrons. The Hall–Kier alpha value is -3.68. The highest BCUT2D eigenvalue weighted by molar-refractivity contribution is 6.52. The number of ether oxygens (including phenoxy) is 3. The van der Waals surface area contributed by atoms with Crippen LogP contribution in [0.5, 0.6) is 17.2 Å². The van der Waals surface area contributed by atoms with Gasteiger partial charge in [0.25, 0.3) is 11.7 Å². The van der Waals surface area contributed by atoms with Gasteiger partial charge in [-0.3, -0.25) is 14.5 Å².